The molecule has 0 heterocycles. The van der Waals surface area contributed by atoms with Crippen LogP contribution in [-0.2, 0) is 6.54 Å². The molecule has 0 saturated heterocycles. The highest BCUT2D eigenvalue weighted by Crippen LogP contribution is 2.35. The van der Waals surface area contributed by atoms with Gasteiger partial charge in [-0.2, -0.15) is 0 Å². The minimum Gasteiger partial charge on any atom is -0.311 e. The predicted octanol–water partition coefficient (Wildman–Crippen LogP) is 4.10. The molecular weight excluding hydrogens is 264 g/mol. The molecule has 0 radical (unpaired) electrons. The highest BCUT2D eigenvalue weighted by atomic mass is 35.5. The molecule has 0 aliphatic heterocycles. The lowest BCUT2D eigenvalue weighted by Crippen LogP contribution is -2.24. The second kappa shape index (κ2) is 5.59. The third-order valence-electron chi connectivity index (χ3n) is 2.80. The number of benzene rings is 1. The van der Waals surface area contributed by atoms with Gasteiger partial charge in [0.2, 0.25) is 0 Å². The number of hydrogen-bond acceptors (Lipinski definition) is 1. The highest BCUT2D eigenvalue weighted by molar-refractivity contribution is 6.35. The zero-order chi connectivity index (χ0) is 11.5. The summed E-state index contributed by atoms with van der Waals surface area (Å²) in [4.78, 5) is 0. The molecule has 2 rings (SSSR count). The maximum absolute atomic E-state index is 6.19. The van der Waals surface area contributed by atoms with Gasteiger partial charge < -0.3 is 5.32 Å². The van der Waals surface area contributed by atoms with Crippen molar-refractivity contribution in [1.82, 2.24) is 5.32 Å². The van der Waals surface area contributed by atoms with Crippen LogP contribution in [0.25, 0.3) is 0 Å². The van der Waals surface area contributed by atoms with E-state index in [9.17, 15) is 0 Å². The third-order valence-corrected chi connectivity index (χ3v) is 3.90. The van der Waals surface area contributed by atoms with Crippen LogP contribution in [0.15, 0.2) is 18.2 Å². The summed E-state index contributed by atoms with van der Waals surface area (Å²) in [7, 11) is 0. The molecule has 0 aromatic heterocycles. The lowest BCUT2D eigenvalue weighted by Gasteiger charge is -2.10. The lowest BCUT2D eigenvalue weighted by molar-refractivity contribution is 0.620. The monoisotopic (exact) mass is 277 g/mol. The van der Waals surface area contributed by atoms with Crippen molar-refractivity contribution in [2.24, 2.45) is 5.92 Å². The van der Waals surface area contributed by atoms with Gasteiger partial charge in [-0.05, 0) is 36.5 Å². The Hall–Kier alpha value is 0.0500. The topological polar surface area (TPSA) is 12.0 Å². The molecule has 16 heavy (non-hydrogen) atoms. The van der Waals surface area contributed by atoms with Gasteiger partial charge in [-0.25, -0.2) is 0 Å². The summed E-state index contributed by atoms with van der Waals surface area (Å²) >= 11 is 18.1. The molecule has 1 aromatic carbocycles. The summed E-state index contributed by atoms with van der Waals surface area (Å²) in [5.41, 5.74) is 1.06. The molecule has 1 aliphatic rings. The number of hydrogen-bond donors (Lipinski definition) is 1. The van der Waals surface area contributed by atoms with E-state index in [1.54, 1.807) is 6.07 Å². The Labute approximate surface area is 111 Å². The smallest absolute Gasteiger partial charge is 0.0488 e. The van der Waals surface area contributed by atoms with Crippen molar-refractivity contribution < 1.29 is 0 Å². The predicted molar refractivity (Wildman–Crippen MR) is 70.5 cm³/mol. The van der Waals surface area contributed by atoms with Gasteiger partial charge in [-0.3, -0.25) is 0 Å². The van der Waals surface area contributed by atoms with Gasteiger partial charge in [0.1, 0.15) is 0 Å². The quantitative estimate of drug-likeness (QED) is 0.800. The first kappa shape index (κ1) is 12.5. The van der Waals surface area contributed by atoms with Crippen LogP contribution in [0, 0.1) is 5.92 Å². The Kier molecular flexibility index (Phi) is 4.37. The van der Waals surface area contributed by atoms with Crippen LogP contribution < -0.4 is 5.32 Å². The van der Waals surface area contributed by atoms with Crippen molar-refractivity contribution in [3.63, 3.8) is 0 Å². The average molecular weight is 279 g/mol. The van der Waals surface area contributed by atoms with Gasteiger partial charge >= 0.3 is 0 Å². The molecule has 0 bridgehead atoms. The first-order valence-corrected chi connectivity index (χ1v) is 6.65. The average Bonchev–Trinajstić information content (AvgIpc) is 3.04. The minimum absolute atomic E-state index is 0.256. The van der Waals surface area contributed by atoms with E-state index in [-0.39, 0.29) is 5.38 Å². The summed E-state index contributed by atoms with van der Waals surface area (Å²) in [5, 5.41) is 4.95. The number of halogens is 3. The van der Waals surface area contributed by atoms with E-state index in [4.69, 9.17) is 34.8 Å². The van der Waals surface area contributed by atoms with E-state index in [0.29, 0.717) is 10.0 Å². The van der Waals surface area contributed by atoms with Gasteiger partial charge in [0, 0.05) is 28.5 Å². The number of rotatable bonds is 5. The molecule has 1 atom stereocenters. The first-order valence-electron chi connectivity index (χ1n) is 5.45. The van der Waals surface area contributed by atoms with Crippen LogP contribution in [0.1, 0.15) is 18.4 Å². The van der Waals surface area contributed by atoms with E-state index in [1.165, 1.54) is 12.8 Å². The van der Waals surface area contributed by atoms with E-state index >= 15 is 0 Å². The Morgan fingerprint density at radius 2 is 2.06 bits per heavy atom. The molecule has 1 aromatic rings. The van der Waals surface area contributed by atoms with Gasteiger partial charge in [0.15, 0.2) is 0 Å². The van der Waals surface area contributed by atoms with Crippen LogP contribution in [0.5, 0.6) is 0 Å². The van der Waals surface area contributed by atoms with Crippen molar-refractivity contribution in [2.45, 2.75) is 24.8 Å². The second-order valence-electron chi connectivity index (χ2n) is 4.22. The Bertz CT molecular complexity index is 363. The van der Waals surface area contributed by atoms with Gasteiger partial charge in [-0.15, -0.1) is 11.6 Å². The van der Waals surface area contributed by atoms with Crippen molar-refractivity contribution in [3.05, 3.63) is 33.8 Å². The lowest BCUT2D eigenvalue weighted by atomic mass is 10.2. The Morgan fingerprint density at radius 3 is 2.69 bits per heavy atom. The maximum Gasteiger partial charge on any atom is 0.0488 e. The largest absolute Gasteiger partial charge is 0.311 e. The van der Waals surface area contributed by atoms with Crippen LogP contribution in [0.4, 0.5) is 0 Å². The Morgan fingerprint density at radius 1 is 1.31 bits per heavy atom. The molecule has 4 heteroatoms. The third kappa shape index (κ3) is 3.53. The van der Waals surface area contributed by atoms with Crippen molar-refractivity contribution in [3.8, 4) is 0 Å². The molecule has 1 fully saturated rings. The summed E-state index contributed by atoms with van der Waals surface area (Å²) in [6.07, 6.45) is 2.55. The fourth-order valence-electron chi connectivity index (χ4n) is 1.63. The maximum atomic E-state index is 6.19. The molecule has 1 unspecified atom stereocenters. The normalized spacial score (nSPS) is 17.4. The number of nitrogens with one attached hydrogen (secondary N) is 1. The molecule has 0 spiro atoms. The van der Waals surface area contributed by atoms with Crippen molar-refractivity contribution in [1.29, 1.82) is 0 Å². The van der Waals surface area contributed by atoms with Crippen LogP contribution >= 0.6 is 34.8 Å². The molecule has 0 amide bonds. The SMILES string of the molecule is Clc1ccc(CNCC(Cl)C2CC2)c(Cl)c1. The fourth-order valence-corrected chi connectivity index (χ4v) is 2.47. The van der Waals surface area contributed by atoms with E-state index in [1.807, 2.05) is 12.1 Å². The van der Waals surface area contributed by atoms with E-state index in [0.717, 1.165) is 24.6 Å². The van der Waals surface area contributed by atoms with Gasteiger partial charge in [-0.1, -0.05) is 29.3 Å². The van der Waals surface area contributed by atoms with Crippen molar-refractivity contribution in [2.75, 3.05) is 6.54 Å². The zero-order valence-electron chi connectivity index (χ0n) is 8.85. The summed E-state index contributed by atoms with van der Waals surface area (Å²) in [6.45, 7) is 1.58. The molecular formula is C12H14Cl3N. The van der Waals surface area contributed by atoms with Crippen LogP contribution in [0.2, 0.25) is 10.0 Å². The molecule has 1 aliphatic carbocycles. The zero-order valence-corrected chi connectivity index (χ0v) is 11.1. The second-order valence-corrected chi connectivity index (χ2v) is 5.62. The van der Waals surface area contributed by atoms with Gasteiger partial charge in [0.05, 0.1) is 0 Å². The number of alkyl halides is 1. The summed E-state index contributed by atoms with van der Waals surface area (Å²) < 4.78 is 0. The first-order chi connectivity index (χ1) is 7.66. The molecule has 1 N–H and O–H groups in total. The van der Waals surface area contributed by atoms with Crippen LogP contribution in [0.3, 0.4) is 0 Å². The molecule has 88 valence electrons. The summed E-state index contributed by atoms with van der Waals surface area (Å²) in [6, 6.07) is 5.56. The van der Waals surface area contributed by atoms with E-state index < -0.39 is 0 Å². The standard InChI is InChI=1S/C12H14Cl3N/c13-10-4-3-9(11(14)5-10)6-16-7-12(15)8-1-2-8/h3-5,8,12,16H,1-2,6-7H2. The summed E-state index contributed by atoms with van der Waals surface area (Å²) in [5.74, 6) is 0.717. The Balaban J connectivity index is 1.80. The molecule has 1 nitrogen and oxygen atoms in total. The van der Waals surface area contributed by atoms with E-state index in [2.05, 4.69) is 5.32 Å². The van der Waals surface area contributed by atoms with Crippen molar-refractivity contribution >= 4 is 34.8 Å². The van der Waals surface area contributed by atoms with Gasteiger partial charge in [0.25, 0.3) is 0 Å². The molecule has 1 saturated carbocycles. The fraction of sp³-hybridized carbons (Fsp3) is 0.500. The highest BCUT2D eigenvalue weighted by Gasteiger charge is 2.29. The minimum atomic E-state index is 0.256. The van der Waals surface area contributed by atoms with Crippen LogP contribution in [-0.4, -0.2) is 11.9 Å².